The van der Waals surface area contributed by atoms with Crippen LogP contribution in [0.15, 0.2) is 143 Å². The van der Waals surface area contributed by atoms with Crippen molar-refractivity contribution in [3.05, 3.63) is 209 Å². The van der Waals surface area contributed by atoms with Crippen molar-refractivity contribution in [1.82, 2.24) is 43.4 Å². The van der Waals surface area contributed by atoms with Crippen molar-refractivity contribution in [2.75, 3.05) is 97.8 Å². The van der Waals surface area contributed by atoms with Crippen LogP contribution in [-0.2, 0) is 19.3 Å². The summed E-state index contributed by atoms with van der Waals surface area (Å²) in [7, 11) is 15.8. The van der Waals surface area contributed by atoms with Crippen LogP contribution in [0.2, 0.25) is 0 Å². The lowest BCUT2D eigenvalue weighted by Gasteiger charge is -2.30. The maximum absolute atomic E-state index is 13.7. The molecule has 3 amide bonds. The van der Waals surface area contributed by atoms with Gasteiger partial charge in [-0.05, 0) is 157 Å². The number of nitrogens with zero attached hydrogens (tertiary/aromatic N) is 12. The smallest absolute Gasteiger partial charge is 0.414 e. The second-order valence-electron chi connectivity index (χ2n) is 29.7. The molecule has 4 N–H and O–H groups in total. The average molecular weight is 1500 g/mol. The van der Waals surface area contributed by atoms with Crippen molar-refractivity contribution in [2.45, 2.75) is 133 Å². The number of aromatic nitrogens is 6. The Morgan fingerprint density at radius 2 is 0.716 bits per heavy atom. The summed E-state index contributed by atoms with van der Waals surface area (Å²) in [5, 5.41) is 42.6. The number of halogens is 1. The number of anilines is 3. The molecule has 6 heterocycles. The van der Waals surface area contributed by atoms with E-state index in [-0.39, 0.29) is 40.6 Å². The van der Waals surface area contributed by atoms with Crippen LogP contribution in [0.4, 0.5) is 31.4 Å². The molecule has 3 fully saturated rings. The molecule has 6 aliphatic rings. The predicted molar refractivity (Wildman–Crippen MR) is 429 cm³/mol. The Balaban J connectivity index is 0.000000147. The Bertz CT molecular complexity index is 4920. The highest BCUT2D eigenvalue weighted by molar-refractivity contribution is 6.62. The molecule has 25 heteroatoms. The van der Waals surface area contributed by atoms with Crippen molar-refractivity contribution in [3.8, 4) is 17.2 Å². The number of carbonyl (C=O) groups excluding carboxylic acids is 3. The van der Waals surface area contributed by atoms with E-state index in [0.717, 1.165) is 151 Å². The Morgan fingerprint density at radius 1 is 0.440 bits per heavy atom. The van der Waals surface area contributed by atoms with E-state index < -0.39 is 35.9 Å². The van der Waals surface area contributed by atoms with Crippen LogP contribution in [0.3, 0.4) is 0 Å². The quantitative estimate of drug-likeness (QED) is 0.0692. The molecule has 0 spiro atoms. The van der Waals surface area contributed by atoms with Crippen LogP contribution in [0.5, 0.6) is 17.2 Å². The highest BCUT2D eigenvalue weighted by Gasteiger charge is 2.32. The van der Waals surface area contributed by atoms with E-state index in [0.29, 0.717) is 76.3 Å². The number of aliphatic hydroxyl groups is 3. The summed E-state index contributed by atoms with van der Waals surface area (Å²) in [5.41, 5.74) is 14.1. The standard InChI is InChI=1S/2C28H32N4O4.C25H27N3O3.C3H6ClNO/c2*1-30(2)28(35)36-20-12-10-18(11-13-20)15-19-16-22-25(26-21(19)7-6-14-31(26)3)29-17-32(27(22)34)23-8-4-5-9-24(23)33;1-27-12-4-5-19-17(13-16-8-10-18(29)11-9-16)14-20-23(24(19)27)26-15-28(25(20)31)21-6-2-3-7-22(21)30;1-5(2)3(4)6/h2*6-7,10-13,16-17,23-24,33H,4-5,8-9,14-15H2,1-3H3;4-5,8-11,14-15,21-22,29-30H,2-3,6-7,12-13H2,1H3;1-2H3/t2*23-,24-;21-,22-;/m000./s1. The highest BCUT2D eigenvalue weighted by Crippen LogP contribution is 2.41. The number of phenolic OH excluding ortho intramolecular Hbond substituents is 1. The van der Waals surface area contributed by atoms with Crippen LogP contribution in [-0.4, -0.2) is 183 Å². The molecule has 0 unspecified atom stereocenters. The summed E-state index contributed by atoms with van der Waals surface area (Å²) >= 11 is 4.90. The first-order valence-corrected chi connectivity index (χ1v) is 37.7. The fourth-order valence-electron chi connectivity index (χ4n) is 15.4. The number of fused-ring (bicyclic) bond motifs is 9. The number of likely N-dealkylation sites (N-methyl/N-ethyl adjacent to an activating group) is 3. The monoisotopic (exact) mass is 1500 g/mol. The molecule has 3 saturated carbocycles. The number of aromatic hydroxyl groups is 1. The molecular formula is C84H97ClN12O12. The van der Waals surface area contributed by atoms with Gasteiger partial charge in [0.05, 0.1) is 88.6 Å². The summed E-state index contributed by atoms with van der Waals surface area (Å²) < 4.78 is 15.6. The molecule has 24 nitrogen and oxygen atoms in total. The van der Waals surface area contributed by atoms with Gasteiger partial charge in [0.2, 0.25) is 0 Å². The van der Waals surface area contributed by atoms with Crippen LogP contribution in [0.25, 0.3) is 50.9 Å². The predicted octanol–water partition coefficient (Wildman–Crippen LogP) is 12.5. The zero-order chi connectivity index (χ0) is 77.5. The Hall–Kier alpha value is -10.7. The largest absolute Gasteiger partial charge is 0.508 e. The highest BCUT2D eigenvalue weighted by atomic mass is 35.5. The Morgan fingerprint density at radius 3 is 0.982 bits per heavy atom. The molecule has 3 aliphatic carbocycles. The third-order valence-corrected chi connectivity index (χ3v) is 21.6. The second-order valence-corrected chi connectivity index (χ2v) is 30.0. The van der Waals surface area contributed by atoms with E-state index in [2.05, 4.69) is 51.2 Å². The number of phenols is 1. The maximum atomic E-state index is 13.7. The number of rotatable bonds is 11. The van der Waals surface area contributed by atoms with E-state index >= 15 is 0 Å². The van der Waals surface area contributed by atoms with Crippen LogP contribution >= 0.6 is 11.6 Å². The van der Waals surface area contributed by atoms with Gasteiger partial charge in [-0.3, -0.25) is 32.9 Å². The normalized spacial score (nSPS) is 19.1. The van der Waals surface area contributed by atoms with E-state index in [1.807, 2.05) is 75.7 Å². The zero-order valence-electron chi connectivity index (χ0n) is 63.3. The summed E-state index contributed by atoms with van der Waals surface area (Å²) in [6.07, 6.45) is 27.4. The van der Waals surface area contributed by atoms with Gasteiger partial charge in [-0.2, -0.15) is 0 Å². The number of aliphatic hydroxyl groups excluding tert-OH is 3. The topological polar surface area (TPSA) is 275 Å². The maximum Gasteiger partial charge on any atom is 0.414 e. The Kier molecular flexibility index (Phi) is 24.5. The van der Waals surface area contributed by atoms with Gasteiger partial charge in [0.15, 0.2) is 0 Å². The molecule has 6 atom stereocenters. The van der Waals surface area contributed by atoms with Crippen LogP contribution < -0.4 is 40.9 Å². The van der Waals surface area contributed by atoms with Gasteiger partial charge in [-0.25, -0.2) is 24.5 Å². The molecule has 0 saturated heterocycles. The van der Waals surface area contributed by atoms with Gasteiger partial charge < -0.3 is 59.3 Å². The molecule has 9 aromatic rings. The van der Waals surface area contributed by atoms with Gasteiger partial charge in [-0.1, -0.05) is 111 Å². The van der Waals surface area contributed by atoms with Gasteiger partial charge in [-0.15, -0.1) is 0 Å². The average Bonchev–Trinajstić information content (AvgIpc) is 0.756. The first-order valence-electron chi connectivity index (χ1n) is 37.3. The number of hydrogen-bond acceptors (Lipinski definition) is 18. The van der Waals surface area contributed by atoms with E-state index in [9.17, 15) is 49.2 Å². The fourth-order valence-corrected chi connectivity index (χ4v) is 15.4. The summed E-state index contributed by atoms with van der Waals surface area (Å²) in [4.78, 5) is 99.1. The minimum Gasteiger partial charge on any atom is -0.508 e. The van der Waals surface area contributed by atoms with Crippen molar-refractivity contribution in [1.29, 1.82) is 0 Å². The zero-order valence-corrected chi connectivity index (χ0v) is 64.1. The number of amides is 3. The van der Waals surface area contributed by atoms with Crippen LogP contribution in [0, 0.1) is 0 Å². The summed E-state index contributed by atoms with van der Waals surface area (Å²) in [6.45, 7) is 2.24. The number of ether oxygens (including phenoxy) is 2. The fraction of sp³-hybridized carbons (Fsp3) is 0.393. The van der Waals surface area contributed by atoms with Crippen LogP contribution in [0.1, 0.15) is 145 Å². The molecule has 15 rings (SSSR count). The van der Waals surface area contributed by atoms with Gasteiger partial charge in [0, 0.05) is 99.8 Å². The molecule has 0 radical (unpaired) electrons. The lowest BCUT2D eigenvalue weighted by molar-refractivity contribution is 0.0733. The molecular weight excluding hydrogens is 1400 g/mol. The van der Waals surface area contributed by atoms with E-state index in [1.54, 1.807) is 111 Å². The van der Waals surface area contributed by atoms with Gasteiger partial charge in [0.25, 0.3) is 16.7 Å². The first-order chi connectivity index (χ1) is 52.3. The molecule has 572 valence electrons. The number of hydrogen-bond donors (Lipinski definition) is 4. The molecule has 0 bridgehead atoms. The van der Waals surface area contributed by atoms with Gasteiger partial charge in [0.1, 0.15) is 33.8 Å². The number of carbonyl (C=O) groups is 3. The molecule has 6 aromatic carbocycles. The van der Waals surface area contributed by atoms with Crippen molar-refractivity contribution >= 4 is 97.2 Å². The van der Waals surface area contributed by atoms with Crippen molar-refractivity contribution < 1.29 is 44.3 Å². The SMILES string of the molecule is CN(C)C(=O)Cl.CN(C)C(=O)Oc1ccc(Cc2cc3c(=O)n([C@H]4CCCC[C@@H]4O)cnc3c3c2C=CCN3C)cc1.CN(C)C(=O)Oc1ccc(Cc2cc3c(=O)n([C@H]4CCCC[C@@H]4O)cnc3c3c2C=CCN3C)cc1.CN1CC=Cc2c(Cc3ccc(O)cc3)cc3c(=O)n([C@H]4CCCC[C@@H]4O)cnc3c21. The second kappa shape index (κ2) is 34.3. The summed E-state index contributed by atoms with van der Waals surface area (Å²) in [5.74, 6) is 1.20. The van der Waals surface area contributed by atoms with Crippen molar-refractivity contribution in [2.24, 2.45) is 0 Å². The minimum atomic E-state index is -0.529. The van der Waals surface area contributed by atoms with Gasteiger partial charge >= 0.3 is 17.6 Å². The molecule has 109 heavy (non-hydrogen) atoms. The first kappa shape index (κ1) is 77.9. The van der Waals surface area contributed by atoms with Crippen molar-refractivity contribution in [3.63, 3.8) is 0 Å². The molecule has 3 aliphatic heterocycles. The Labute approximate surface area is 638 Å². The lowest BCUT2D eigenvalue weighted by atomic mass is 9.91. The third-order valence-electron chi connectivity index (χ3n) is 21.3. The minimum absolute atomic E-state index is 0.0892. The number of benzene rings is 6. The van der Waals surface area contributed by atoms with E-state index in [1.165, 1.54) is 14.7 Å². The lowest BCUT2D eigenvalue weighted by Crippen LogP contribution is -2.35. The molecule has 3 aromatic heterocycles. The van der Waals surface area contributed by atoms with E-state index in [4.69, 9.17) is 36.0 Å². The summed E-state index contributed by atoms with van der Waals surface area (Å²) in [6, 6.07) is 27.2. The third kappa shape index (κ3) is 17.4.